The van der Waals surface area contributed by atoms with Crippen molar-refractivity contribution in [3.05, 3.63) is 30.3 Å². The summed E-state index contributed by atoms with van der Waals surface area (Å²) < 4.78 is 11.8. The summed E-state index contributed by atoms with van der Waals surface area (Å²) in [5.74, 6) is -0.459. The summed E-state index contributed by atoms with van der Waals surface area (Å²) in [6.07, 6.45) is 1.29. The zero-order valence-corrected chi connectivity index (χ0v) is 3.56. The number of pyridine rings is 1. The highest BCUT2D eigenvalue weighted by Gasteiger charge is 1.79. The molecule has 1 aromatic heterocycles. The van der Waals surface area contributed by atoms with Gasteiger partial charge in [-0.15, -0.1) is 0 Å². The lowest BCUT2D eigenvalue weighted by Crippen LogP contribution is -1.74. The van der Waals surface area contributed by atoms with Crippen LogP contribution in [-0.4, -0.2) is 4.98 Å². The fourth-order valence-electron chi connectivity index (χ4n) is 0.302. The van der Waals surface area contributed by atoms with Gasteiger partial charge in [0.15, 0.2) is 0 Å². The Morgan fingerprint density at radius 1 is 1.71 bits per heavy atom. The standard InChI is InChI=1S/C5H3FN/c6-5-3-1-2-4-7-5/h1,3-4H. The van der Waals surface area contributed by atoms with Crippen LogP contribution >= 0.6 is 0 Å². The van der Waals surface area contributed by atoms with E-state index in [1.165, 1.54) is 18.3 Å². The minimum atomic E-state index is -0.459. The monoisotopic (exact) mass is 96.0 g/mol. The largest absolute Gasteiger partial charge is 0.228 e. The predicted molar refractivity (Wildman–Crippen MR) is 23.0 cm³/mol. The van der Waals surface area contributed by atoms with Gasteiger partial charge in [0.25, 0.3) is 0 Å². The van der Waals surface area contributed by atoms with Gasteiger partial charge in [-0.2, -0.15) is 4.39 Å². The molecule has 1 nitrogen and oxygen atoms in total. The molecule has 0 spiro atoms. The third kappa shape index (κ3) is 0.961. The average molecular weight is 96.1 g/mol. The van der Waals surface area contributed by atoms with E-state index in [4.69, 9.17) is 0 Å². The number of nitrogens with zero attached hydrogens (tertiary/aromatic N) is 1. The first kappa shape index (κ1) is 4.24. The molecule has 0 atom stereocenters. The van der Waals surface area contributed by atoms with Crippen molar-refractivity contribution in [2.24, 2.45) is 0 Å². The number of rotatable bonds is 0. The maximum Gasteiger partial charge on any atom is 0.212 e. The van der Waals surface area contributed by atoms with Gasteiger partial charge in [-0.3, -0.25) is 0 Å². The van der Waals surface area contributed by atoms with Gasteiger partial charge in [-0.1, -0.05) is 0 Å². The van der Waals surface area contributed by atoms with Gasteiger partial charge in [-0.25, -0.2) is 4.98 Å². The van der Waals surface area contributed by atoms with E-state index in [0.29, 0.717) is 0 Å². The van der Waals surface area contributed by atoms with E-state index in [9.17, 15) is 4.39 Å². The quantitative estimate of drug-likeness (QED) is 0.439. The molecule has 0 aromatic carbocycles. The fourth-order valence-corrected chi connectivity index (χ4v) is 0.302. The number of hydrogen-bond acceptors (Lipinski definition) is 1. The van der Waals surface area contributed by atoms with Gasteiger partial charge >= 0.3 is 0 Å². The zero-order chi connectivity index (χ0) is 5.11. The van der Waals surface area contributed by atoms with Crippen molar-refractivity contribution in [1.82, 2.24) is 4.98 Å². The van der Waals surface area contributed by atoms with Crippen molar-refractivity contribution in [3.63, 3.8) is 0 Å². The molecule has 1 aromatic rings. The average Bonchev–Trinajstić information content (AvgIpc) is 1.69. The molecule has 0 amide bonds. The first-order valence-electron chi connectivity index (χ1n) is 1.87. The third-order valence-corrected chi connectivity index (χ3v) is 0.580. The summed E-state index contributed by atoms with van der Waals surface area (Å²) in [6, 6.07) is 5.31. The SMILES string of the molecule is Fc1cc[c]cn1. The van der Waals surface area contributed by atoms with Crippen LogP contribution in [0.4, 0.5) is 4.39 Å². The normalized spacial score (nSPS) is 8.71. The molecule has 1 rings (SSSR count). The van der Waals surface area contributed by atoms with E-state index < -0.39 is 5.95 Å². The topological polar surface area (TPSA) is 12.9 Å². The number of halogens is 1. The Balaban J connectivity index is 3.02. The van der Waals surface area contributed by atoms with Gasteiger partial charge in [0.2, 0.25) is 5.95 Å². The molecule has 0 fully saturated rings. The number of aromatic nitrogens is 1. The van der Waals surface area contributed by atoms with Crippen molar-refractivity contribution < 1.29 is 4.39 Å². The van der Waals surface area contributed by atoms with E-state index >= 15 is 0 Å². The van der Waals surface area contributed by atoms with Crippen LogP contribution in [0.25, 0.3) is 0 Å². The van der Waals surface area contributed by atoms with Crippen molar-refractivity contribution in [2.45, 2.75) is 0 Å². The summed E-state index contributed by atoms with van der Waals surface area (Å²) in [6.45, 7) is 0. The van der Waals surface area contributed by atoms with Crippen LogP contribution in [0.5, 0.6) is 0 Å². The zero-order valence-electron chi connectivity index (χ0n) is 3.56. The molecule has 0 unspecified atom stereocenters. The van der Waals surface area contributed by atoms with E-state index in [1.807, 2.05) is 0 Å². The molecule has 2 heteroatoms. The first-order chi connectivity index (χ1) is 3.39. The van der Waals surface area contributed by atoms with Crippen LogP contribution in [0.1, 0.15) is 0 Å². The second kappa shape index (κ2) is 1.69. The van der Waals surface area contributed by atoms with Gasteiger partial charge < -0.3 is 0 Å². The lowest BCUT2D eigenvalue weighted by molar-refractivity contribution is 0.583. The van der Waals surface area contributed by atoms with Crippen LogP contribution in [0.15, 0.2) is 18.3 Å². The number of hydrogen-bond donors (Lipinski definition) is 0. The van der Waals surface area contributed by atoms with Gasteiger partial charge in [0.05, 0.1) is 0 Å². The second-order valence-electron chi connectivity index (χ2n) is 1.08. The molecule has 0 aliphatic rings. The Morgan fingerprint density at radius 2 is 2.57 bits per heavy atom. The molecule has 0 N–H and O–H groups in total. The summed E-state index contributed by atoms with van der Waals surface area (Å²) in [4.78, 5) is 3.26. The predicted octanol–water partition coefficient (Wildman–Crippen LogP) is 1.02. The maximum atomic E-state index is 11.8. The van der Waals surface area contributed by atoms with Crippen LogP contribution in [0.3, 0.4) is 0 Å². The molecule has 0 bridgehead atoms. The lowest BCUT2D eigenvalue weighted by atomic mass is 10.5. The van der Waals surface area contributed by atoms with Crippen molar-refractivity contribution >= 4 is 0 Å². The third-order valence-electron chi connectivity index (χ3n) is 0.580. The van der Waals surface area contributed by atoms with E-state index in [-0.39, 0.29) is 0 Å². The van der Waals surface area contributed by atoms with E-state index in [0.717, 1.165) is 0 Å². The molecule has 1 heterocycles. The minimum absolute atomic E-state index is 0.459. The highest BCUT2D eigenvalue weighted by atomic mass is 19.1. The first-order valence-corrected chi connectivity index (χ1v) is 1.87. The Kier molecular flexibility index (Phi) is 1.02. The van der Waals surface area contributed by atoms with Crippen LogP contribution in [0.2, 0.25) is 0 Å². The van der Waals surface area contributed by atoms with Gasteiger partial charge in [0, 0.05) is 12.3 Å². The molecular formula is C5H3FN. The fraction of sp³-hybridized carbons (Fsp3) is 0. The van der Waals surface area contributed by atoms with Gasteiger partial charge in [-0.05, 0) is 12.1 Å². The van der Waals surface area contributed by atoms with E-state index in [1.54, 1.807) is 0 Å². The van der Waals surface area contributed by atoms with Crippen LogP contribution < -0.4 is 0 Å². The molecule has 0 aliphatic carbocycles. The Morgan fingerprint density at radius 3 is 2.86 bits per heavy atom. The molecule has 1 radical (unpaired) electrons. The Hall–Kier alpha value is -0.920. The summed E-state index contributed by atoms with van der Waals surface area (Å²) in [5.41, 5.74) is 0. The van der Waals surface area contributed by atoms with Crippen molar-refractivity contribution in [3.8, 4) is 0 Å². The van der Waals surface area contributed by atoms with Crippen molar-refractivity contribution in [2.75, 3.05) is 0 Å². The summed E-state index contributed by atoms with van der Waals surface area (Å²) >= 11 is 0. The van der Waals surface area contributed by atoms with Crippen LogP contribution in [0, 0.1) is 12.0 Å². The molecule has 35 valence electrons. The minimum Gasteiger partial charge on any atom is -0.228 e. The maximum absolute atomic E-state index is 11.8. The Bertz CT molecular complexity index is 138. The van der Waals surface area contributed by atoms with Crippen molar-refractivity contribution in [1.29, 1.82) is 0 Å². The summed E-state index contributed by atoms with van der Waals surface area (Å²) in [7, 11) is 0. The smallest absolute Gasteiger partial charge is 0.212 e. The molecule has 0 aliphatic heterocycles. The second-order valence-corrected chi connectivity index (χ2v) is 1.08. The molecule has 7 heavy (non-hydrogen) atoms. The lowest BCUT2D eigenvalue weighted by Gasteiger charge is -1.77. The highest BCUT2D eigenvalue weighted by Crippen LogP contribution is 1.85. The molecule has 0 saturated heterocycles. The highest BCUT2D eigenvalue weighted by molar-refractivity contribution is 4.89. The summed E-state index contributed by atoms with van der Waals surface area (Å²) in [5, 5.41) is 0. The van der Waals surface area contributed by atoms with E-state index in [2.05, 4.69) is 11.1 Å². The Labute approximate surface area is 40.8 Å². The molecular weight excluding hydrogens is 93.1 g/mol. The van der Waals surface area contributed by atoms with Gasteiger partial charge in [0.1, 0.15) is 0 Å². The van der Waals surface area contributed by atoms with Crippen LogP contribution in [-0.2, 0) is 0 Å². The molecule has 0 saturated carbocycles.